The van der Waals surface area contributed by atoms with E-state index in [1.807, 2.05) is 6.79 Å². The number of carbonyl (C=O) groups is 3. The van der Waals surface area contributed by atoms with Gasteiger partial charge in [-0.2, -0.15) is 0 Å². The highest BCUT2D eigenvalue weighted by atomic mass is 16.5. The predicted molar refractivity (Wildman–Crippen MR) is 119 cm³/mol. The minimum Gasteiger partial charge on any atom is -0.385 e. The van der Waals surface area contributed by atoms with Crippen LogP contribution in [0.15, 0.2) is 48.5 Å². The van der Waals surface area contributed by atoms with E-state index in [0.717, 1.165) is 6.54 Å². The van der Waals surface area contributed by atoms with E-state index >= 15 is 0 Å². The highest BCUT2D eigenvalue weighted by Gasteiger charge is 2.13. The first-order valence-corrected chi connectivity index (χ1v) is 9.59. The smallest absolute Gasteiger partial charge is 0.267 e. The van der Waals surface area contributed by atoms with Crippen molar-refractivity contribution in [2.24, 2.45) is 5.73 Å². The van der Waals surface area contributed by atoms with Crippen LogP contribution < -0.4 is 21.8 Å². The number of hydrogen-bond donors (Lipinski definition) is 5. The number of unbranched alkanes of at least 4 members (excludes halogenated alkanes) is 1. The Morgan fingerprint density at radius 3 is 2.07 bits per heavy atom. The average molecular weight is 417 g/mol. The van der Waals surface area contributed by atoms with E-state index in [1.165, 1.54) is 40.7 Å². The molecule has 6 N–H and O–H groups in total. The van der Waals surface area contributed by atoms with E-state index in [2.05, 4.69) is 73.0 Å². The van der Waals surface area contributed by atoms with Gasteiger partial charge in [-0.15, -0.1) is 0 Å². The van der Waals surface area contributed by atoms with Gasteiger partial charge in [-0.3, -0.25) is 14.8 Å². The van der Waals surface area contributed by atoms with Crippen LogP contribution in [0, 0.1) is 6.92 Å². The third-order valence-corrected chi connectivity index (χ3v) is 4.06. The Labute approximate surface area is 177 Å². The maximum Gasteiger partial charge on any atom is 0.267 e. The average Bonchev–Trinajstić information content (AvgIpc) is 2.80. The summed E-state index contributed by atoms with van der Waals surface area (Å²) in [5.74, 6) is -0.727. The SMILES string of the molecule is C=O.CCCCNc1ccc(-c2ccc(C)cc2)cc1.NCC(NC=O)C(=O)NO. The Kier molecular flexibility index (Phi) is 14.9. The first-order chi connectivity index (χ1) is 14.5. The van der Waals surface area contributed by atoms with Gasteiger partial charge in [0, 0.05) is 18.8 Å². The van der Waals surface area contributed by atoms with E-state index < -0.39 is 11.9 Å². The molecule has 0 aromatic heterocycles. The molecule has 0 saturated heterocycles. The van der Waals surface area contributed by atoms with Gasteiger partial charge in [0.1, 0.15) is 12.8 Å². The van der Waals surface area contributed by atoms with Crippen molar-refractivity contribution in [3.8, 4) is 11.1 Å². The van der Waals surface area contributed by atoms with Crippen molar-refractivity contribution in [3.05, 3.63) is 54.1 Å². The van der Waals surface area contributed by atoms with Gasteiger partial charge < -0.3 is 21.2 Å². The van der Waals surface area contributed by atoms with Crippen LogP contribution >= 0.6 is 0 Å². The number of hydroxylamine groups is 1. The lowest BCUT2D eigenvalue weighted by Gasteiger charge is -2.09. The van der Waals surface area contributed by atoms with Gasteiger partial charge in [-0.25, -0.2) is 5.48 Å². The molecule has 2 aromatic carbocycles. The first kappa shape index (κ1) is 26.8. The van der Waals surface area contributed by atoms with Crippen LogP contribution in [0.1, 0.15) is 25.3 Å². The molecule has 0 aliphatic carbocycles. The molecule has 0 aliphatic heterocycles. The Bertz CT molecular complexity index is 721. The Balaban J connectivity index is 0.000000600. The third kappa shape index (κ3) is 10.4. The molecular formula is C22H32N4O4. The van der Waals surface area contributed by atoms with E-state index in [1.54, 1.807) is 0 Å². The standard InChI is InChI=1S/C17H21N.C4H9N3O3.CH2O/c1-3-4-13-18-17-11-9-16(10-12-17)15-7-5-14(2)6-8-15;5-1-3(6-2-8)4(9)7-10;1-2/h5-12,18H,3-4,13H2,1-2H3;2-3,10H,1,5H2,(H,6,8)(H,7,9);1H2. The van der Waals surface area contributed by atoms with Gasteiger partial charge in [0.05, 0.1) is 0 Å². The summed E-state index contributed by atoms with van der Waals surface area (Å²) in [6.45, 7) is 7.33. The van der Waals surface area contributed by atoms with Gasteiger partial charge in [0.25, 0.3) is 5.91 Å². The van der Waals surface area contributed by atoms with E-state index in [0.29, 0.717) is 6.41 Å². The molecule has 8 heteroatoms. The molecule has 0 fully saturated rings. The van der Waals surface area contributed by atoms with Crippen LogP contribution in [0.25, 0.3) is 11.1 Å². The van der Waals surface area contributed by atoms with Gasteiger partial charge in [-0.05, 0) is 36.6 Å². The molecule has 2 rings (SSSR count). The Morgan fingerprint density at radius 1 is 1.10 bits per heavy atom. The van der Waals surface area contributed by atoms with Crippen molar-refractivity contribution in [3.63, 3.8) is 0 Å². The predicted octanol–water partition coefficient (Wildman–Crippen LogP) is 2.25. The number of rotatable bonds is 9. The summed E-state index contributed by atoms with van der Waals surface area (Å²) in [6.07, 6.45) is 2.79. The zero-order valence-electron chi connectivity index (χ0n) is 17.6. The van der Waals surface area contributed by atoms with E-state index in [4.69, 9.17) is 15.7 Å². The van der Waals surface area contributed by atoms with Crippen molar-refractivity contribution in [1.29, 1.82) is 0 Å². The molecule has 1 atom stereocenters. The summed E-state index contributed by atoms with van der Waals surface area (Å²) < 4.78 is 0. The second kappa shape index (κ2) is 16.7. The van der Waals surface area contributed by atoms with E-state index in [-0.39, 0.29) is 6.54 Å². The normalized spacial score (nSPS) is 10.3. The van der Waals surface area contributed by atoms with Crippen molar-refractivity contribution in [2.75, 3.05) is 18.4 Å². The molecule has 164 valence electrons. The monoisotopic (exact) mass is 416 g/mol. The number of anilines is 1. The lowest BCUT2D eigenvalue weighted by atomic mass is 10.0. The van der Waals surface area contributed by atoms with Crippen LogP contribution in [0.5, 0.6) is 0 Å². The number of nitrogens with one attached hydrogen (secondary N) is 3. The molecule has 0 aliphatic rings. The van der Waals surface area contributed by atoms with Gasteiger partial charge in [0.2, 0.25) is 6.41 Å². The maximum atomic E-state index is 10.5. The fourth-order valence-corrected chi connectivity index (χ4v) is 2.35. The zero-order chi connectivity index (χ0) is 22.8. The molecule has 0 radical (unpaired) electrons. The van der Waals surface area contributed by atoms with Gasteiger partial charge in [-0.1, -0.05) is 55.3 Å². The fourth-order valence-electron chi connectivity index (χ4n) is 2.35. The summed E-state index contributed by atoms with van der Waals surface area (Å²) in [7, 11) is 0. The molecule has 30 heavy (non-hydrogen) atoms. The summed E-state index contributed by atoms with van der Waals surface area (Å²) in [5.41, 5.74) is 11.5. The van der Waals surface area contributed by atoms with Gasteiger partial charge >= 0.3 is 0 Å². The molecule has 0 spiro atoms. The maximum absolute atomic E-state index is 10.5. The number of aryl methyl sites for hydroxylation is 1. The minimum atomic E-state index is -0.859. The van der Waals surface area contributed by atoms with Crippen LogP contribution in [0.2, 0.25) is 0 Å². The zero-order valence-corrected chi connectivity index (χ0v) is 17.6. The summed E-state index contributed by atoms with van der Waals surface area (Å²) in [5, 5.41) is 13.6. The number of benzene rings is 2. The first-order valence-electron chi connectivity index (χ1n) is 9.59. The third-order valence-electron chi connectivity index (χ3n) is 4.06. The molecule has 8 nitrogen and oxygen atoms in total. The molecule has 2 amide bonds. The second-order valence-electron chi connectivity index (χ2n) is 6.27. The molecule has 1 unspecified atom stereocenters. The molecule has 0 saturated carbocycles. The van der Waals surface area contributed by atoms with Crippen molar-refractivity contribution < 1.29 is 19.6 Å². The van der Waals surface area contributed by atoms with Crippen LogP contribution in [0.4, 0.5) is 5.69 Å². The largest absolute Gasteiger partial charge is 0.385 e. The fraction of sp³-hybridized carbons (Fsp3) is 0.318. The van der Waals surface area contributed by atoms with Crippen LogP contribution in [-0.2, 0) is 14.4 Å². The number of amides is 2. The van der Waals surface area contributed by atoms with Crippen molar-refractivity contribution in [1.82, 2.24) is 10.8 Å². The quantitative estimate of drug-likeness (QED) is 0.184. The lowest BCUT2D eigenvalue weighted by Crippen LogP contribution is -2.47. The number of carbonyl (C=O) groups excluding carboxylic acids is 3. The lowest BCUT2D eigenvalue weighted by molar-refractivity contribution is -0.132. The Hall–Kier alpha value is -3.23. The van der Waals surface area contributed by atoms with Gasteiger partial charge in [0.15, 0.2) is 0 Å². The topological polar surface area (TPSA) is 134 Å². The van der Waals surface area contributed by atoms with Crippen LogP contribution in [0.3, 0.4) is 0 Å². The second-order valence-corrected chi connectivity index (χ2v) is 6.27. The molecule has 0 heterocycles. The van der Waals surface area contributed by atoms with Crippen molar-refractivity contribution in [2.45, 2.75) is 32.7 Å². The van der Waals surface area contributed by atoms with E-state index in [9.17, 15) is 9.59 Å². The Morgan fingerprint density at radius 2 is 1.63 bits per heavy atom. The minimum absolute atomic E-state index is 0.0505. The molecular weight excluding hydrogens is 384 g/mol. The highest BCUT2D eigenvalue weighted by molar-refractivity contribution is 5.82. The summed E-state index contributed by atoms with van der Waals surface area (Å²) in [4.78, 5) is 28.2. The van der Waals surface area contributed by atoms with Crippen LogP contribution in [-0.4, -0.2) is 43.4 Å². The highest BCUT2D eigenvalue weighted by Crippen LogP contribution is 2.21. The van der Waals surface area contributed by atoms with Crippen molar-refractivity contribution >= 4 is 24.8 Å². The number of hydrogen-bond acceptors (Lipinski definition) is 6. The molecule has 2 aromatic rings. The molecule has 0 bridgehead atoms. The summed E-state index contributed by atoms with van der Waals surface area (Å²) >= 11 is 0. The summed E-state index contributed by atoms with van der Waals surface area (Å²) in [6, 6.07) is 16.5. The number of nitrogens with two attached hydrogens (primary N) is 1.